The van der Waals surface area contributed by atoms with E-state index in [1.54, 1.807) is 11.2 Å². The van der Waals surface area contributed by atoms with Crippen molar-refractivity contribution in [3.63, 3.8) is 0 Å². The third-order valence-electron chi connectivity index (χ3n) is 7.08. The minimum atomic E-state index is -1.00. The molecule has 1 aromatic carbocycles. The lowest BCUT2D eigenvalue weighted by molar-refractivity contribution is -0.122. The third kappa shape index (κ3) is 6.24. The molecule has 2 aliphatic rings. The minimum absolute atomic E-state index is 0.106. The first-order valence-electron chi connectivity index (χ1n) is 13.6. The standard InChI is InChI=1S/C30H38N6O2S/c1-8-19(5)36-29(34-21(7)25-20(6)32-17-33-27(25)23-12-13-23)26(18(3)4)35-28(30(36)37)31-16-22-10-14-24(15-11-22)39(38)9-2/h10-11,14-15,17,19,23H,7-9,12-13,16H2,1-6H3,(H,31,35)/t19-,39?/m0/s1. The second-order valence-corrected chi connectivity index (χ2v) is 12.0. The van der Waals surface area contributed by atoms with E-state index >= 15 is 0 Å². The molecule has 2 aromatic rings. The highest BCUT2D eigenvalue weighted by Gasteiger charge is 2.37. The summed E-state index contributed by atoms with van der Waals surface area (Å²) in [6, 6.07) is 7.44. The molecule has 8 nitrogen and oxygen atoms in total. The Balaban J connectivity index is 1.70. The average Bonchev–Trinajstić information content (AvgIpc) is 3.77. The molecule has 2 atom stereocenters. The second-order valence-electron chi connectivity index (χ2n) is 10.3. The molecule has 0 spiro atoms. The molecule has 1 saturated heterocycles. The zero-order chi connectivity index (χ0) is 28.3. The van der Waals surface area contributed by atoms with Crippen LogP contribution in [-0.2, 0) is 22.1 Å². The Kier molecular flexibility index (Phi) is 8.90. The first kappa shape index (κ1) is 28.5. The Hall–Kier alpha value is -3.46. The number of benzene rings is 1. The van der Waals surface area contributed by atoms with Crippen molar-refractivity contribution in [2.75, 3.05) is 5.75 Å². The quantitative estimate of drug-likeness (QED) is 0.461. The van der Waals surface area contributed by atoms with Crippen LogP contribution in [0.3, 0.4) is 0 Å². The number of rotatable bonds is 9. The van der Waals surface area contributed by atoms with Crippen LogP contribution in [0, 0.1) is 6.92 Å². The molecule has 1 aliphatic heterocycles. The van der Waals surface area contributed by atoms with Crippen LogP contribution in [0.1, 0.15) is 82.3 Å². The van der Waals surface area contributed by atoms with E-state index in [4.69, 9.17) is 4.99 Å². The summed E-state index contributed by atoms with van der Waals surface area (Å²) >= 11 is 0. The van der Waals surface area contributed by atoms with Crippen molar-refractivity contribution in [2.24, 2.45) is 9.98 Å². The van der Waals surface area contributed by atoms with E-state index in [1.807, 2.05) is 65.8 Å². The van der Waals surface area contributed by atoms with E-state index < -0.39 is 10.8 Å². The summed E-state index contributed by atoms with van der Waals surface area (Å²) in [7, 11) is -1.00. The maximum absolute atomic E-state index is 13.8. The van der Waals surface area contributed by atoms with Gasteiger partial charge in [0.1, 0.15) is 6.33 Å². The summed E-state index contributed by atoms with van der Waals surface area (Å²) in [4.78, 5) is 34.9. The van der Waals surface area contributed by atoms with Crippen molar-refractivity contribution in [1.82, 2.24) is 20.2 Å². The molecule has 39 heavy (non-hydrogen) atoms. The number of nitrogens with one attached hydrogen (secondary N) is 1. The molecule has 4 rings (SSSR count). The number of hydrogen-bond donors (Lipinski definition) is 1. The van der Waals surface area contributed by atoms with Crippen molar-refractivity contribution < 1.29 is 9.00 Å². The zero-order valence-electron chi connectivity index (χ0n) is 23.7. The fourth-order valence-electron chi connectivity index (χ4n) is 4.50. The number of amides is 1. The minimum Gasteiger partial charge on any atom is -0.333 e. The van der Waals surface area contributed by atoms with Crippen LogP contribution in [0.5, 0.6) is 0 Å². The van der Waals surface area contributed by atoms with Gasteiger partial charge in [-0.2, -0.15) is 0 Å². The second kappa shape index (κ2) is 12.2. The molecule has 9 heteroatoms. The van der Waals surface area contributed by atoms with Crippen LogP contribution in [0.25, 0.3) is 5.70 Å². The highest BCUT2D eigenvalue weighted by molar-refractivity contribution is 7.85. The molecule has 1 unspecified atom stereocenters. The molecule has 1 amide bonds. The van der Waals surface area contributed by atoms with Crippen molar-refractivity contribution in [2.45, 2.75) is 84.2 Å². The van der Waals surface area contributed by atoms with Crippen molar-refractivity contribution in [1.29, 1.82) is 0 Å². The van der Waals surface area contributed by atoms with Gasteiger partial charge in [0.15, 0.2) is 11.7 Å². The maximum atomic E-state index is 13.8. The van der Waals surface area contributed by atoms with Gasteiger partial charge in [-0.25, -0.2) is 15.0 Å². The highest BCUT2D eigenvalue weighted by Crippen LogP contribution is 2.42. The molecule has 206 valence electrons. The number of nitrogens with zero attached hydrogens (tertiary/aromatic N) is 5. The molecule has 1 aliphatic carbocycles. The van der Waals surface area contributed by atoms with Crippen LogP contribution >= 0.6 is 0 Å². The highest BCUT2D eigenvalue weighted by atomic mass is 32.2. The summed E-state index contributed by atoms with van der Waals surface area (Å²) in [5, 5.41) is 3.28. The van der Waals surface area contributed by atoms with E-state index in [0.29, 0.717) is 29.7 Å². The predicted octanol–water partition coefficient (Wildman–Crippen LogP) is 5.28. The van der Waals surface area contributed by atoms with Gasteiger partial charge in [-0.05, 0) is 70.2 Å². The summed E-state index contributed by atoms with van der Waals surface area (Å²) < 4.78 is 12.1. The Bertz CT molecular complexity index is 1380. The van der Waals surface area contributed by atoms with Crippen LogP contribution in [0.2, 0.25) is 0 Å². The molecule has 0 bridgehead atoms. The maximum Gasteiger partial charge on any atom is 0.295 e. The van der Waals surface area contributed by atoms with E-state index in [2.05, 4.69) is 26.9 Å². The van der Waals surface area contributed by atoms with Gasteiger partial charge < -0.3 is 5.32 Å². The van der Waals surface area contributed by atoms with Crippen molar-refractivity contribution >= 4 is 34.1 Å². The number of carbonyl (C=O) groups is 1. The Morgan fingerprint density at radius 3 is 2.49 bits per heavy atom. The fourth-order valence-corrected chi connectivity index (χ4v) is 5.27. The smallest absolute Gasteiger partial charge is 0.295 e. The van der Waals surface area contributed by atoms with E-state index in [1.165, 1.54) is 0 Å². The summed E-state index contributed by atoms with van der Waals surface area (Å²) in [6.07, 6.45) is 4.55. The first-order chi connectivity index (χ1) is 18.7. The number of carbonyl (C=O) groups excluding carboxylic acids is 1. The average molecular weight is 547 g/mol. The number of amidine groups is 2. The van der Waals surface area contributed by atoms with Crippen LogP contribution < -0.4 is 5.32 Å². The number of aliphatic imine (C=N–C) groups is 2. The number of aromatic nitrogens is 2. The van der Waals surface area contributed by atoms with Gasteiger partial charge in [-0.1, -0.05) is 32.6 Å². The van der Waals surface area contributed by atoms with Crippen LogP contribution in [-0.4, -0.2) is 48.4 Å². The summed E-state index contributed by atoms with van der Waals surface area (Å²) in [5.41, 5.74) is 5.89. The van der Waals surface area contributed by atoms with Crippen molar-refractivity contribution in [3.8, 4) is 0 Å². The summed E-state index contributed by atoms with van der Waals surface area (Å²) in [5.74, 6) is 1.57. The largest absolute Gasteiger partial charge is 0.333 e. The summed E-state index contributed by atoms with van der Waals surface area (Å²) in [6.45, 7) is 16.5. The normalized spacial score (nSPS) is 19.3. The first-order valence-corrected chi connectivity index (χ1v) is 14.9. The molecule has 1 aromatic heterocycles. The Labute approximate surface area is 233 Å². The van der Waals surface area contributed by atoms with Crippen LogP contribution in [0.4, 0.5) is 0 Å². The number of hydrogen-bond acceptors (Lipinski definition) is 6. The van der Waals surface area contributed by atoms with E-state index in [0.717, 1.165) is 57.9 Å². The number of aryl methyl sites for hydroxylation is 1. The molecule has 1 saturated carbocycles. The topological polar surface area (TPSA) is 99.9 Å². The number of allylic oxidation sites excluding steroid dienone is 1. The monoisotopic (exact) mass is 546 g/mol. The van der Waals surface area contributed by atoms with Gasteiger partial charge >= 0.3 is 0 Å². The van der Waals surface area contributed by atoms with Gasteiger partial charge in [0.05, 0.1) is 40.1 Å². The van der Waals surface area contributed by atoms with Gasteiger partial charge in [0.25, 0.3) is 5.91 Å². The van der Waals surface area contributed by atoms with Gasteiger partial charge in [0.2, 0.25) is 0 Å². The lowest BCUT2D eigenvalue weighted by Crippen LogP contribution is -2.57. The Morgan fingerprint density at radius 1 is 1.21 bits per heavy atom. The Morgan fingerprint density at radius 2 is 1.90 bits per heavy atom. The third-order valence-corrected chi connectivity index (χ3v) is 8.40. The SMILES string of the molecule is C=C(N=C1C(=C(C)C)NC(=NCc2ccc(S(=O)CC)cc2)C(=O)N1[C@@H](C)CC)c1c(C)ncnc1C1CC1. The van der Waals surface area contributed by atoms with Gasteiger partial charge in [-0.15, -0.1) is 0 Å². The predicted molar refractivity (Wildman–Crippen MR) is 158 cm³/mol. The molecular formula is C30H38N6O2S. The lowest BCUT2D eigenvalue weighted by atomic mass is 10.0. The molecular weight excluding hydrogens is 508 g/mol. The van der Waals surface area contributed by atoms with Crippen molar-refractivity contribution in [3.05, 3.63) is 71.0 Å². The number of piperazine rings is 1. The van der Waals surface area contributed by atoms with E-state index in [9.17, 15) is 9.00 Å². The molecule has 2 heterocycles. The molecule has 1 N–H and O–H groups in total. The van der Waals surface area contributed by atoms with Gasteiger partial charge in [-0.3, -0.25) is 18.9 Å². The zero-order valence-corrected chi connectivity index (χ0v) is 24.6. The van der Waals surface area contributed by atoms with Gasteiger partial charge in [0, 0.05) is 28.2 Å². The molecule has 0 radical (unpaired) electrons. The van der Waals surface area contributed by atoms with E-state index in [-0.39, 0.29) is 17.8 Å². The fraction of sp³-hybridized carbons (Fsp3) is 0.433. The lowest BCUT2D eigenvalue weighted by Gasteiger charge is -2.36. The van der Waals surface area contributed by atoms with Crippen LogP contribution in [0.15, 0.2) is 63.3 Å². The molecule has 2 fully saturated rings.